The summed E-state index contributed by atoms with van der Waals surface area (Å²) in [6, 6.07) is 10.3. The second-order valence-electron chi connectivity index (χ2n) is 4.80. The van der Waals surface area contributed by atoms with Gasteiger partial charge < -0.3 is 10.1 Å². The first-order chi connectivity index (χ1) is 10.3. The van der Waals surface area contributed by atoms with Gasteiger partial charge in [0.05, 0.1) is 5.69 Å². The first-order valence-electron chi connectivity index (χ1n) is 7.65. The summed E-state index contributed by atoms with van der Waals surface area (Å²) in [6.07, 6.45) is 0.909. The second kappa shape index (κ2) is 8.27. The van der Waals surface area contributed by atoms with Gasteiger partial charge in [-0.15, -0.1) is 11.3 Å². The fourth-order valence-electron chi connectivity index (χ4n) is 2.27. The zero-order valence-corrected chi connectivity index (χ0v) is 13.9. The molecule has 0 saturated heterocycles. The van der Waals surface area contributed by atoms with E-state index in [0.29, 0.717) is 6.61 Å². The molecular formula is C17H24N2OS. The zero-order valence-electron chi connectivity index (χ0n) is 13.1. The third-order valence-corrected chi connectivity index (χ3v) is 4.47. The van der Waals surface area contributed by atoms with Crippen LogP contribution >= 0.6 is 11.3 Å². The van der Waals surface area contributed by atoms with E-state index >= 15 is 0 Å². The molecule has 1 N–H and O–H groups in total. The molecule has 2 aromatic rings. The predicted octanol–water partition coefficient (Wildman–Crippen LogP) is 3.94. The smallest absolute Gasteiger partial charge is 0.134 e. The number of benzene rings is 1. The van der Waals surface area contributed by atoms with E-state index in [4.69, 9.17) is 9.72 Å². The van der Waals surface area contributed by atoms with Gasteiger partial charge in [0.2, 0.25) is 0 Å². The number of thiazole rings is 1. The highest BCUT2D eigenvalue weighted by Crippen LogP contribution is 2.31. The van der Waals surface area contributed by atoms with Gasteiger partial charge in [0, 0.05) is 18.0 Å². The lowest BCUT2D eigenvalue weighted by molar-refractivity contribution is 0.0910. The normalized spacial score (nSPS) is 12.5. The molecule has 0 aliphatic carbocycles. The molecule has 4 heteroatoms. The van der Waals surface area contributed by atoms with Crippen LogP contribution < -0.4 is 5.32 Å². The van der Waals surface area contributed by atoms with Crippen molar-refractivity contribution >= 4 is 11.3 Å². The molecule has 0 aliphatic heterocycles. The Hall–Kier alpha value is -1.23. The lowest BCUT2D eigenvalue weighted by Crippen LogP contribution is -2.11. The largest absolute Gasteiger partial charge is 0.367 e. The van der Waals surface area contributed by atoms with Crippen molar-refractivity contribution in [3.05, 3.63) is 51.5 Å². The topological polar surface area (TPSA) is 34.1 Å². The van der Waals surface area contributed by atoms with Crippen molar-refractivity contribution in [1.82, 2.24) is 10.3 Å². The molecule has 1 unspecified atom stereocenters. The number of hydrogen-bond acceptors (Lipinski definition) is 4. The molecule has 0 fully saturated rings. The summed E-state index contributed by atoms with van der Waals surface area (Å²) in [7, 11) is 0. The fraction of sp³-hybridized carbons (Fsp3) is 0.471. The number of rotatable bonds is 8. The molecule has 1 aromatic carbocycles. The number of aromatic nitrogens is 1. The van der Waals surface area contributed by atoms with E-state index in [2.05, 4.69) is 43.4 Å². The Morgan fingerprint density at radius 2 is 1.95 bits per heavy atom. The zero-order chi connectivity index (χ0) is 15.1. The lowest BCUT2D eigenvalue weighted by atomic mass is 10.1. The van der Waals surface area contributed by atoms with Crippen LogP contribution in [0.1, 0.15) is 48.0 Å². The summed E-state index contributed by atoms with van der Waals surface area (Å²) in [4.78, 5) is 6.16. The first-order valence-corrected chi connectivity index (χ1v) is 8.47. The third kappa shape index (κ3) is 4.13. The molecule has 21 heavy (non-hydrogen) atoms. The fourth-order valence-corrected chi connectivity index (χ4v) is 3.47. The van der Waals surface area contributed by atoms with Gasteiger partial charge in [0.25, 0.3) is 0 Å². The molecule has 1 heterocycles. The second-order valence-corrected chi connectivity index (χ2v) is 5.92. The van der Waals surface area contributed by atoms with Crippen molar-refractivity contribution in [2.24, 2.45) is 0 Å². The van der Waals surface area contributed by atoms with E-state index in [1.165, 1.54) is 16.1 Å². The van der Waals surface area contributed by atoms with Gasteiger partial charge in [-0.05, 0) is 25.5 Å². The number of hydrogen-bond donors (Lipinski definition) is 1. The quantitative estimate of drug-likeness (QED) is 0.802. The standard InChI is InChI=1S/C17H24N2OS/c1-4-14-15(12-18-5-2)21-17(19-14)16(20-6-3)13-10-8-7-9-11-13/h7-11,16,18H,4-6,12H2,1-3H3. The number of aryl methyl sites for hydroxylation is 1. The molecule has 2 rings (SSSR count). The Balaban J connectivity index is 2.30. The average molecular weight is 304 g/mol. The number of nitrogens with zero attached hydrogens (tertiary/aromatic N) is 1. The van der Waals surface area contributed by atoms with Crippen molar-refractivity contribution in [1.29, 1.82) is 0 Å². The number of ether oxygens (including phenoxy) is 1. The van der Waals surface area contributed by atoms with Crippen molar-refractivity contribution in [3.63, 3.8) is 0 Å². The summed E-state index contributed by atoms with van der Waals surface area (Å²) >= 11 is 1.77. The minimum Gasteiger partial charge on any atom is -0.367 e. The van der Waals surface area contributed by atoms with E-state index < -0.39 is 0 Å². The van der Waals surface area contributed by atoms with Gasteiger partial charge >= 0.3 is 0 Å². The van der Waals surface area contributed by atoms with Crippen LogP contribution in [0.15, 0.2) is 30.3 Å². The predicted molar refractivity (Wildman–Crippen MR) is 88.8 cm³/mol. The Morgan fingerprint density at radius 3 is 2.57 bits per heavy atom. The van der Waals surface area contributed by atoms with Crippen molar-refractivity contribution < 1.29 is 4.74 Å². The van der Waals surface area contributed by atoms with Crippen LogP contribution in [-0.2, 0) is 17.7 Å². The van der Waals surface area contributed by atoms with E-state index in [1.807, 2.05) is 13.0 Å². The van der Waals surface area contributed by atoms with Gasteiger partial charge in [0.1, 0.15) is 11.1 Å². The Labute approximate surface area is 131 Å². The maximum Gasteiger partial charge on any atom is 0.134 e. The molecule has 0 amide bonds. The summed E-state index contributed by atoms with van der Waals surface area (Å²) < 4.78 is 5.96. The summed E-state index contributed by atoms with van der Waals surface area (Å²) in [5, 5.41) is 4.46. The Morgan fingerprint density at radius 1 is 1.19 bits per heavy atom. The van der Waals surface area contributed by atoms with Crippen molar-refractivity contribution in [2.45, 2.75) is 39.8 Å². The maximum atomic E-state index is 5.96. The summed E-state index contributed by atoms with van der Waals surface area (Å²) in [5.74, 6) is 0. The molecule has 1 aromatic heterocycles. The van der Waals surface area contributed by atoms with Gasteiger partial charge in [-0.1, -0.05) is 44.2 Å². The van der Waals surface area contributed by atoms with E-state index in [9.17, 15) is 0 Å². The van der Waals surface area contributed by atoms with Gasteiger partial charge in [-0.3, -0.25) is 0 Å². The maximum absolute atomic E-state index is 5.96. The molecule has 3 nitrogen and oxygen atoms in total. The van der Waals surface area contributed by atoms with E-state index in [0.717, 1.165) is 24.5 Å². The minimum absolute atomic E-state index is 0.0538. The lowest BCUT2D eigenvalue weighted by Gasteiger charge is -2.14. The highest BCUT2D eigenvalue weighted by atomic mass is 32.1. The highest BCUT2D eigenvalue weighted by molar-refractivity contribution is 7.11. The third-order valence-electron chi connectivity index (χ3n) is 3.33. The van der Waals surface area contributed by atoms with E-state index in [1.54, 1.807) is 11.3 Å². The minimum atomic E-state index is -0.0538. The highest BCUT2D eigenvalue weighted by Gasteiger charge is 2.20. The summed E-state index contributed by atoms with van der Waals surface area (Å²) in [5.41, 5.74) is 2.36. The van der Waals surface area contributed by atoms with Gasteiger partial charge in [0.15, 0.2) is 0 Å². The van der Waals surface area contributed by atoms with Gasteiger partial charge in [-0.25, -0.2) is 4.98 Å². The molecular weight excluding hydrogens is 280 g/mol. The Kier molecular flexibility index (Phi) is 6.36. The number of nitrogens with one attached hydrogen (secondary N) is 1. The molecule has 0 bridgehead atoms. The van der Waals surface area contributed by atoms with Crippen LogP contribution in [0.2, 0.25) is 0 Å². The molecule has 0 aliphatic rings. The van der Waals surface area contributed by atoms with Crippen LogP contribution in [0.25, 0.3) is 0 Å². The Bertz CT molecular complexity index is 539. The van der Waals surface area contributed by atoms with Crippen LogP contribution in [0, 0.1) is 0 Å². The van der Waals surface area contributed by atoms with Crippen LogP contribution in [0.4, 0.5) is 0 Å². The van der Waals surface area contributed by atoms with Crippen molar-refractivity contribution in [3.8, 4) is 0 Å². The van der Waals surface area contributed by atoms with Crippen LogP contribution in [-0.4, -0.2) is 18.1 Å². The van der Waals surface area contributed by atoms with Crippen molar-refractivity contribution in [2.75, 3.05) is 13.2 Å². The van der Waals surface area contributed by atoms with Crippen LogP contribution in [0.3, 0.4) is 0 Å². The molecule has 0 spiro atoms. The molecule has 114 valence electrons. The SMILES string of the molecule is CCNCc1sc(C(OCC)c2ccccc2)nc1CC. The van der Waals surface area contributed by atoms with Crippen LogP contribution in [0.5, 0.6) is 0 Å². The van der Waals surface area contributed by atoms with Gasteiger partial charge in [-0.2, -0.15) is 0 Å². The molecule has 0 saturated carbocycles. The molecule has 0 radical (unpaired) electrons. The van der Waals surface area contributed by atoms with E-state index in [-0.39, 0.29) is 6.10 Å². The molecule has 1 atom stereocenters. The average Bonchev–Trinajstić information content (AvgIpc) is 2.94. The summed E-state index contributed by atoms with van der Waals surface area (Å²) in [6.45, 7) is 8.87. The monoisotopic (exact) mass is 304 g/mol. The first kappa shape index (κ1) is 16.1.